The average Bonchev–Trinajstić information content (AvgIpc) is 1.86. The van der Waals surface area contributed by atoms with Crippen LogP contribution in [0.1, 0.15) is 26.3 Å². The maximum Gasteiger partial charge on any atom is 0.0175 e. The molecule has 1 nitrogen and oxygen atoms in total. The van der Waals surface area contributed by atoms with Gasteiger partial charge in [0.2, 0.25) is 0 Å². The molecular weight excluding hydrogens is 216 g/mol. The van der Waals surface area contributed by atoms with Crippen LogP contribution in [0.2, 0.25) is 0 Å². The first-order valence-corrected chi connectivity index (χ1v) is 4.55. The first kappa shape index (κ1) is 11.7. The highest BCUT2D eigenvalue weighted by atomic mass is 79.9. The predicted octanol–water partition coefficient (Wildman–Crippen LogP) is 2.92. The first-order chi connectivity index (χ1) is 5.00. The van der Waals surface area contributed by atoms with E-state index in [9.17, 15) is 0 Å². The third-order valence-corrected chi connectivity index (χ3v) is 2.24. The molecule has 0 fully saturated rings. The molecule has 0 spiro atoms. The fraction of sp³-hybridized carbons (Fsp3) is 0.400. The van der Waals surface area contributed by atoms with E-state index in [4.69, 9.17) is 0 Å². The molecule has 0 saturated heterocycles. The smallest absolute Gasteiger partial charge is 0.0175 e. The molecule has 0 aliphatic heterocycles. The summed E-state index contributed by atoms with van der Waals surface area (Å²) in [6.45, 7) is 6.66. The Kier molecular flexibility index (Phi) is 3.94. The molecule has 0 aliphatic rings. The summed E-state index contributed by atoms with van der Waals surface area (Å²) in [6.07, 6.45) is 0. The molecule has 0 unspecified atom stereocenters. The lowest BCUT2D eigenvalue weighted by Crippen LogP contribution is -2.10. The van der Waals surface area contributed by atoms with Gasteiger partial charge in [-0.2, -0.15) is 0 Å². The molecule has 0 aromatic heterocycles. The van der Waals surface area contributed by atoms with Gasteiger partial charge < -0.3 is 5.48 Å². The van der Waals surface area contributed by atoms with Crippen molar-refractivity contribution in [2.75, 3.05) is 0 Å². The lowest BCUT2D eigenvalue weighted by molar-refractivity contribution is 0.590. The van der Waals surface area contributed by atoms with Gasteiger partial charge in [-0.15, -0.1) is 0 Å². The van der Waals surface area contributed by atoms with E-state index in [1.807, 2.05) is 0 Å². The molecule has 1 aromatic carbocycles. The summed E-state index contributed by atoms with van der Waals surface area (Å²) in [7, 11) is 0. The second-order valence-electron chi connectivity index (χ2n) is 3.76. The molecule has 0 amide bonds. The molecule has 0 aliphatic carbocycles. The molecule has 68 valence electrons. The van der Waals surface area contributed by atoms with Crippen LogP contribution in [0.15, 0.2) is 28.7 Å². The van der Waals surface area contributed by atoms with Gasteiger partial charge in [0, 0.05) is 4.47 Å². The lowest BCUT2D eigenvalue weighted by atomic mass is 9.87. The third kappa shape index (κ3) is 2.95. The Morgan fingerprint density at radius 1 is 1.00 bits per heavy atom. The molecule has 1 rings (SSSR count). The summed E-state index contributed by atoms with van der Waals surface area (Å²) in [4.78, 5) is 0. The van der Waals surface area contributed by atoms with Crippen LogP contribution in [0.3, 0.4) is 0 Å². The maximum absolute atomic E-state index is 3.41. The topological polar surface area (TPSA) is 31.5 Å². The Hall–Kier alpha value is -0.340. The summed E-state index contributed by atoms with van der Waals surface area (Å²) in [5, 5.41) is 0. The van der Waals surface area contributed by atoms with Gasteiger partial charge >= 0.3 is 0 Å². The van der Waals surface area contributed by atoms with Crippen LogP contribution in [0, 0.1) is 0 Å². The van der Waals surface area contributed by atoms with Crippen molar-refractivity contribution in [2.24, 2.45) is 0 Å². The Bertz CT molecular complexity index is 233. The number of benzene rings is 1. The van der Waals surface area contributed by atoms with Gasteiger partial charge in [-0.05, 0) is 23.1 Å². The van der Waals surface area contributed by atoms with E-state index in [0.29, 0.717) is 0 Å². The summed E-state index contributed by atoms with van der Waals surface area (Å²) >= 11 is 3.41. The van der Waals surface area contributed by atoms with Gasteiger partial charge in [0.05, 0.1) is 0 Å². The van der Waals surface area contributed by atoms with Gasteiger partial charge in [0.15, 0.2) is 0 Å². The van der Waals surface area contributed by atoms with Gasteiger partial charge in [-0.25, -0.2) is 0 Å². The molecule has 2 N–H and O–H groups in total. The monoisotopic (exact) mass is 230 g/mol. The van der Waals surface area contributed by atoms with E-state index < -0.39 is 0 Å². The van der Waals surface area contributed by atoms with Crippen molar-refractivity contribution < 1.29 is 5.48 Å². The van der Waals surface area contributed by atoms with Crippen molar-refractivity contribution in [1.29, 1.82) is 0 Å². The number of halogens is 1. The molecule has 0 saturated carbocycles. The molecule has 0 bridgehead atoms. The normalized spacial score (nSPS) is 10.7. The minimum atomic E-state index is 0. The van der Waals surface area contributed by atoms with Crippen LogP contribution < -0.4 is 0 Å². The van der Waals surface area contributed by atoms with E-state index in [2.05, 4.69) is 61.0 Å². The van der Waals surface area contributed by atoms with Crippen molar-refractivity contribution in [3.63, 3.8) is 0 Å². The highest BCUT2D eigenvalue weighted by Gasteiger charge is 2.12. The van der Waals surface area contributed by atoms with Crippen molar-refractivity contribution in [3.8, 4) is 0 Å². The molecule has 0 heterocycles. The number of hydrogen-bond acceptors (Lipinski definition) is 0. The fourth-order valence-corrected chi connectivity index (χ4v) is 1.21. The minimum Gasteiger partial charge on any atom is -0.412 e. The minimum absolute atomic E-state index is 0. The van der Waals surface area contributed by atoms with E-state index in [0.717, 1.165) is 4.47 Å². The summed E-state index contributed by atoms with van der Waals surface area (Å²) in [5.41, 5.74) is 1.64. The van der Waals surface area contributed by atoms with Gasteiger partial charge in [0.1, 0.15) is 0 Å². The van der Waals surface area contributed by atoms with Crippen LogP contribution >= 0.6 is 15.9 Å². The zero-order valence-electron chi connectivity index (χ0n) is 7.69. The van der Waals surface area contributed by atoms with E-state index in [1.54, 1.807) is 0 Å². The van der Waals surface area contributed by atoms with Crippen LogP contribution in [-0.2, 0) is 5.41 Å². The SMILES string of the molecule is CC(C)(C)c1ccc(Br)cc1.O. The van der Waals surface area contributed by atoms with Crippen molar-refractivity contribution >= 4 is 15.9 Å². The Morgan fingerprint density at radius 3 is 1.75 bits per heavy atom. The van der Waals surface area contributed by atoms with Crippen molar-refractivity contribution in [1.82, 2.24) is 0 Å². The fourth-order valence-electron chi connectivity index (χ4n) is 0.950. The quantitative estimate of drug-likeness (QED) is 0.657. The zero-order chi connectivity index (χ0) is 8.48. The van der Waals surface area contributed by atoms with E-state index in [1.165, 1.54) is 5.56 Å². The largest absolute Gasteiger partial charge is 0.412 e. The second kappa shape index (κ2) is 4.06. The zero-order valence-corrected chi connectivity index (χ0v) is 9.27. The first-order valence-electron chi connectivity index (χ1n) is 3.76. The second-order valence-corrected chi connectivity index (χ2v) is 4.67. The highest BCUT2D eigenvalue weighted by molar-refractivity contribution is 9.10. The van der Waals surface area contributed by atoms with Crippen LogP contribution in [0.25, 0.3) is 0 Å². The summed E-state index contributed by atoms with van der Waals surface area (Å²) in [6, 6.07) is 8.48. The summed E-state index contributed by atoms with van der Waals surface area (Å²) < 4.78 is 1.14. The van der Waals surface area contributed by atoms with Gasteiger partial charge in [-0.1, -0.05) is 48.8 Å². The third-order valence-electron chi connectivity index (χ3n) is 1.71. The Morgan fingerprint density at radius 2 is 1.42 bits per heavy atom. The van der Waals surface area contributed by atoms with Crippen LogP contribution in [0.4, 0.5) is 0 Å². The van der Waals surface area contributed by atoms with Crippen LogP contribution in [-0.4, -0.2) is 5.48 Å². The number of rotatable bonds is 0. The van der Waals surface area contributed by atoms with E-state index in [-0.39, 0.29) is 10.9 Å². The standard InChI is InChI=1S/C10H13Br.H2O/c1-10(2,3)8-4-6-9(11)7-5-8;/h4-7H,1-3H3;1H2. The molecule has 1 aromatic rings. The molecule has 2 heteroatoms. The Labute approximate surface area is 82.2 Å². The predicted molar refractivity (Wildman–Crippen MR) is 56.5 cm³/mol. The molecule has 0 radical (unpaired) electrons. The number of hydrogen-bond donors (Lipinski definition) is 0. The van der Waals surface area contributed by atoms with Crippen molar-refractivity contribution in [2.45, 2.75) is 26.2 Å². The lowest BCUT2D eigenvalue weighted by Gasteiger charge is -2.18. The molecule has 12 heavy (non-hydrogen) atoms. The van der Waals surface area contributed by atoms with Crippen molar-refractivity contribution in [3.05, 3.63) is 34.3 Å². The highest BCUT2D eigenvalue weighted by Crippen LogP contribution is 2.23. The van der Waals surface area contributed by atoms with Crippen LogP contribution in [0.5, 0.6) is 0 Å². The Balaban J connectivity index is 0.00000121. The molecular formula is C10H15BrO. The van der Waals surface area contributed by atoms with Gasteiger partial charge in [-0.3, -0.25) is 0 Å². The molecule has 0 atom stereocenters. The van der Waals surface area contributed by atoms with E-state index >= 15 is 0 Å². The van der Waals surface area contributed by atoms with Gasteiger partial charge in [0.25, 0.3) is 0 Å². The summed E-state index contributed by atoms with van der Waals surface area (Å²) in [5.74, 6) is 0. The average molecular weight is 231 g/mol. The maximum atomic E-state index is 3.41.